The van der Waals surface area contributed by atoms with E-state index in [-0.39, 0.29) is 5.28 Å². The topological polar surface area (TPSA) is 55.6 Å². The van der Waals surface area contributed by atoms with Gasteiger partial charge in [-0.3, -0.25) is 0 Å². The molecule has 2 heterocycles. The summed E-state index contributed by atoms with van der Waals surface area (Å²) in [5.41, 5.74) is 1.59. The highest BCUT2D eigenvalue weighted by Gasteiger charge is 2.13. The molecule has 0 unspecified atom stereocenters. The number of hydrogen-bond acceptors (Lipinski definition) is 4. The molecule has 2 aromatic heterocycles. The van der Waals surface area contributed by atoms with E-state index in [4.69, 9.17) is 11.6 Å². The molecular weight excluding hydrogens is 274 g/mol. The van der Waals surface area contributed by atoms with Crippen LogP contribution in [0.3, 0.4) is 0 Å². The van der Waals surface area contributed by atoms with Gasteiger partial charge in [0, 0.05) is 13.1 Å². The second kappa shape index (κ2) is 6.39. The zero-order chi connectivity index (χ0) is 14.7. The summed E-state index contributed by atoms with van der Waals surface area (Å²) in [6.07, 6.45) is 2.89. The Morgan fingerprint density at radius 2 is 1.95 bits per heavy atom. The number of nitrogens with one attached hydrogen (secondary N) is 1. The number of imidazole rings is 1. The van der Waals surface area contributed by atoms with Gasteiger partial charge in [0.1, 0.15) is 5.52 Å². The standard InChI is InChI=1S/C14H22ClN5/c1-9(2)5-6-16-12-11-13(19-14(15)18-12)17-8-20(11)7-10(3)4/h8-10H,5-7H2,1-4H3,(H,16,18,19). The summed E-state index contributed by atoms with van der Waals surface area (Å²) in [4.78, 5) is 12.8. The molecular formula is C14H22ClN5. The summed E-state index contributed by atoms with van der Waals surface area (Å²) in [6, 6.07) is 0. The first-order valence-electron chi connectivity index (χ1n) is 7.09. The molecule has 0 aromatic carbocycles. The highest BCUT2D eigenvalue weighted by Crippen LogP contribution is 2.22. The minimum absolute atomic E-state index is 0.236. The normalized spacial score (nSPS) is 11.8. The van der Waals surface area contributed by atoms with Gasteiger partial charge in [-0.15, -0.1) is 0 Å². The Kier molecular flexibility index (Phi) is 4.81. The first-order valence-corrected chi connectivity index (χ1v) is 7.47. The van der Waals surface area contributed by atoms with Gasteiger partial charge >= 0.3 is 0 Å². The molecule has 0 aliphatic rings. The van der Waals surface area contributed by atoms with Crippen LogP contribution in [0.15, 0.2) is 6.33 Å². The average Bonchev–Trinajstić information content (AvgIpc) is 2.70. The molecule has 2 aromatic rings. The van der Waals surface area contributed by atoms with Crippen LogP contribution in [0.4, 0.5) is 5.82 Å². The summed E-state index contributed by atoms with van der Waals surface area (Å²) >= 11 is 5.97. The van der Waals surface area contributed by atoms with E-state index in [9.17, 15) is 0 Å². The summed E-state index contributed by atoms with van der Waals surface area (Å²) in [5.74, 6) is 1.96. The fourth-order valence-corrected chi connectivity index (χ4v) is 2.25. The minimum atomic E-state index is 0.236. The lowest BCUT2D eigenvalue weighted by Crippen LogP contribution is -2.10. The molecule has 0 saturated carbocycles. The van der Waals surface area contributed by atoms with Crippen LogP contribution < -0.4 is 5.32 Å². The quantitative estimate of drug-likeness (QED) is 0.827. The van der Waals surface area contributed by atoms with Crippen molar-refractivity contribution in [3.05, 3.63) is 11.6 Å². The van der Waals surface area contributed by atoms with Gasteiger partial charge < -0.3 is 9.88 Å². The lowest BCUT2D eigenvalue weighted by molar-refractivity contribution is 0.532. The number of aromatic nitrogens is 4. The van der Waals surface area contributed by atoms with Gasteiger partial charge in [0.05, 0.1) is 6.33 Å². The second-order valence-corrected chi connectivity index (χ2v) is 6.25. The Bertz CT molecular complexity index is 576. The molecule has 0 amide bonds. The van der Waals surface area contributed by atoms with Gasteiger partial charge in [-0.2, -0.15) is 9.97 Å². The molecule has 20 heavy (non-hydrogen) atoms. The highest BCUT2D eigenvalue weighted by molar-refractivity contribution is 6.28. The van der Waals surface area contributed by atoms with E-state index in [0.717, 1.165) is 30.8 Å². The molecule has 0 aliphatic carbocycles. The molecule has 1 N–H and O–H groups in total. The molecule has 6 heteroatoms. The van der Waals surface area contributed by atoms with E-state index in [1.165, 1.54) is 0 Å². The van der Waals surface area contributed by atoms with Crippen LogP contribution in [0.5, 0.6) is 0 Å². The third-order valence-corrected chi connectivity index (χ3v) is 3.19. The fourth-order valence-electron chi connectivity index (χ4n) is 2.09. The number of hydrogen-bond donors (Lipinski definition) is 1. The van der Waals surface area contributed by atoms with Gasteiger partial charge in [0.2, 0.25) is 5.28 Å². The van der Waals surface area contributed by atoms with Crippen molar-refractivity contribution in [2.45, 2.75) is 40.7 Å². The van der Waals surface area contributed by atoms with Crippen molar-refractivity contribution in [2.75, 3.05) is 11.9 Å². The van der Waals surface area contributed by atoms with Crippen molar-refractivity contribution in [1.29, 1.82) is 0 Å². The van der Waals surface area contributed by atoms with E-state index in [2.05, 4.69) is 52.5 Å². The third-order valence-electron chi connectivity index (χ3n) is 3.02. The first kappa shape index (κ1) is 15.0. The Labute approximate surface area is 124 Å². The highest BCUT2D eigenvalue weighted by atomic mass is 35.5. The zero-order valence-electron chi connectivity index (χ0n) is 12.5. The van der Waals surface area contributed by atoms with Gasteiger partial charge in [0.15, 0.2) is 11.5 Å². The van der Waals surface area contributed by atoms with Crippen molar-refractivity contribution >= 4 is 28.6 Å². The van der Waals surface area contributed by atoms with Crippen LogP contribution in [-0.2, 0) is 6.54 Å². The second-order valence-electron chi connectivity index (χ2n) is 5.91. The summed E-state index contributed by atoms with van der Waals surface area (Å²) < 4.78 is 2.09. The monoisotopic (exact) mass is 295 g/mol. The summed E-state index contributed by atoms with van der Waals surface area (Å²) in [5, 5.41) is 3.60. The van der Waals surface area contributed by atoms with Gasteiger partial charge in [-0.05, 0) is 29.9 Å². The number of anilines is 1. The molecule has 0 atom stereocenters. The van der Waals surface area contributed by atoms with E-state index < -0.39 is 0 Å². The summed E-state index contributed by atoms with van der Waals surface area (Å²) in [6.45, 7) is 10.5. The number of halogens is 1. The SMILES string of the molecule is CC(C)CCNc1nc(Cl)nc2ncn(CC(C)C)c12. The Morgan fingerprint density at radius 1 is 1.20 bits per heavy atom. The largest absolute Gasteiger partial charge is 0.368 e. The number of rotatable bonds is 6. The molecule has 0 aliphatic heterocycles. The summed E-state index contributed by atoms with van der Waals surface area (Å²) in [7, 11) is 0. The predicted octanol–water partition coefficient (Wildman–Crippen LogP) is 3.59. The fraction of sp³-hybridized carbons (Fsp3) is 0.643. The lowest BCUT2D eigenvalue weighted by atomic mass is 10.1. The maximum absolute atomic E-state index is 5.97. The Balaban J connectivity index is 2.32. The maximum atomic E-state index is 5.97. The smallest absolute Gasteiger partial charge is 0.226 e. The molecule has 0 fully saturated rings. The van der Waals surface area contributed by atoms with Crippen molar-refractivity contribution in [1.82, 2.24) is 19.5 Å². The predicted molar refractivity (Wildman–Crippen MR) is 83.1 cm³/mol. The first-order chi connectivity index (χ1) is 9.47. The number of nitrogens with zero attached hydrogens (tertiary/aromatic N) is 4. The van der Waals surface area contributed by atoms with E-state index in [1.807, 2.05) is 6.33 Å². The van der Waals surface area contributed by atoms with Crippen LogP contribution in [0.25, 0.3) is 11.2 Å². The molecule has 0 spiro atoms. The van der Waals surface area contributed by atoms with Crippen LogP contribution in [0, 0.1) is 11.8 Å². The van der Waals surface area contributed by atoms with E-state index in [0.29, 0.717) is 17.5 Å². The third kappa shape index (κ3) is 3.60. The van der Waals surface area contributed by atoms with E-state index in [1.54, 1.807) is 0 Å². The molecule has 5 nitrogen and oxygen atoms in total. The molecule has 0 saturated heterocycles. The Hall–Kier alpha value is -1.36. The van der Waals surface area contributed by atoms with E-state index >= 15 is 0 Å². The van der Waals surface area contributed by atoms with Crippen LogP contribution in [0.1, 0.15) is 34.1 Å². The average molecular weight is 296 g/mol. The van der Waals surface area contributed by atoms with Gasteiger partial charge in [-0.25, -0.2) is 4.98 Å². The molecule has 110 valence electrons. The minimum Gasteiger partial charge on any atom is -0.368 e. The number of fused-ring (bicyclic) bond motifs is 1. The van der Waals surface area contributed by atoms with Gasteiger partial charge in [0.25, 0.3) is 0 Å². The molecule has 2 rings (SSSR count). The maximum Gasteiger partial charge on any atom is 0.226 e. The molecule has 0 bridgehead atoms. The van der Waals surface area contributed by atoms with Crippen molar-refractivity contribution in [3.8, 4) is 0 Å². The van der Waals surface area contributed by atoms with Crippen LogP contribution >= 0.6 is 11.6 Å². The van der Waals surface area contributed by atoms with Crippen molar-refractivity contribution < 1.29 is 0 Å². The van der Waals surface area contributed by atoms with Crippen LogP contribution in [-0.4, -0.2) is 26.1 Å². The van der Waals surface area contributed by atoms with Crippen molar-refractivity contribution in [2.24, 2.45) is 11.8 Å². The zero-order valence-corrected chi connectivity index (χ0v) is 13.3. The van der Waals surface area contributed by atoms with Crippen LogP contribution in [0.2, 0.25) is 5.28 Å². The lowest BCUT2D eigenvalue weighted by Gasteiger charge is -2.12. The van der Waals surface area contributed by atoms with Crippen molar-refractivity contribution in [3.63, 3.8) is 0 Å². The Morgan fingerprint density at radius 3 is 2.60 bits per heavy atom. The van der Waals surface area contributed by atoms with Gasteiger partial charge in [-0.1, -0.05) is 27.7 Å². The molecule has 0 radical (unpaired) electrons.